The third-order valence-corrected chi connectivity index (χ3v) is 3.51. The van der Waals surface area contributed by atoms with E-state index in [2.05, 4.69) is 6.92 Å². The molecule has 24 heavy (non-hydrogen) atoms. The van der Waals surface area contributed by atoms with Gasteiger partial charge in [0, 0.05) is 13.0 Å². The van der Waals surface area contributed by atoms with E-state index in [1.165, 1.54) is 44.2 Å². The molecule has 0 spiro atoms. The summed E-state index contributed by atoms with van der Waals surface area (Å²) in [6.07, 6.45) is 4.39. The van der Waals surface area contributed by atoms with Crippen LogP contribution in [-0.2, 0) is 17.5 Å². The molecular formula is C18H28F3NO2. The smallest absolute Gasteiger partial charge is 0.416 e. The van der Waals surface area contributed by atoms with Gasteiger partial charge in [0.15, 0.2) is 0 Å². The summed E-state index contributed by atoms with van der Waals surface area (Å²) in [7, 11) is 0. The summed E-state index contributed by atoms with van der Waals surface area (Å²) < 4.78 is 36.0. The molecule has 1 aromatic rings. The molecule has 3 N–H and O–H groups in total. The number of rotatable bonds is 9. The van der Waals surface area contributed by atoms with Crippen LogP contribution in [0, 0.1) is 0 Å². The lowest BCUT2D eigenvalue weighted by atomic mass is 10.1. The lowest BCUT2D eigenvalue weighted by Gasteiger charge is -2.06. The van der Waals surface area contributed by atoms with E-state index in [0.29, 0.717) is 12.0 Å². The summed E-state index contributed by atoms with van der Waals surface area (Å²) in [4.78, 5) is 10.1. The van der Waals surface area contributed by atoms with Crippen LogP contribution in [0.4, 0.5) is 13.2 Å². The highest BCUT2D eigenvalue weighted by molar-refractivity contribution is 5.66. The zero-order valence-corrected chi connectivity index (χ0v) is 14.2. The molecule has 0 aromatic heterocycles. The first-order chi connectivity index (χ1) is 11.3. The predicted molar refractivity (Wildman–Crippen MR) is 89.6 cm³/mol. The van der Waals surface area contributed by atoms with Crippen LogP contribution in [0.1, 0.15) is 69.4 Å². The zero-order valence-electron chi connectivity index (χ0n) is 14.2. The first kappa shape index (κ1) is 22.4. The topological polar surface area (TPSA) is 63.3 Å². The molecule has 1 aromatic carbocycles. The van der Waals surface area contributed by atoms with Crippen LogP contribution in [0.15, 0.2) is 24.3 Å². The Bertz CT molecular complexity index is 445. The maximum absolute atomic E-state index is 12.0. The van der Waals surface area contributed by atoms with Gasteiger partial charge in [-0.3, -0.25) is 4.79 Å². The average Bonchev–Trinajstić information content (AvgIpc) is 2.53. The molecule has 0 atom stereocenters. The van der Waals surface area contributed by atoms with Gasteiger partial charge >= 0.3 is 12.1 Å². The van der Waals surface area contributed by atoms with Crippen molar-refractivity contribution in [2.75, 3.05) is 0 Å². The van der Waals surface area contributed by atoms with Crippen molar-refractivity contribution in [3.05, 3.63) is 35.4 Å². The molecule has 0 saturated heterocycles. The van der Waals surface area contributed by atoms with Gasteiger partial charge in [0.25, 0.3) is 0 Å². The standard InChI is InChI=1S/C10H20O2.C8H8F3N/c1-2-3-4-5-6-7-8-9-10(11)12;9-8(10,11)7-3-1-6(5-12)2-4-7/h2-9H2,1H3,(H,11,12);1-4H,5,12H2. The highest BCUT2D eigenvalue weighted by atomic mass is 19.4. The number of hydrogen-bond donors (Lipinski definition) is 2. The minimum Gasteiger partial charge on any atom is -0.481 e. The fourth-order valence-corrected chi connectivity index (χ4v) is 2.06. The Morgan fingerprint density at radius 2 is 1.50 bits per heavy atom. The quantitative estimate of drug-likeness (QED) is 0.590. The Morgan fingerprint density at radius 3 is 1.92 bits per heavy atom. The lowest BCUT2D eigenvalue weighted by Crippen LogP contribution is -2.05. The second kappa shape index (κ2) is 12.8. The van der Waals surface area contributed by atoms with Gasteiger partial charge in [-0.1, -0.05) is 57.6 Å². The fourth-order valence-electron chi connectivity index (χ4n) is 2.06. The molecule has 0 unspecified atom stereocenters. The molecule has 0 fully saturated rings. The van der Waals surface area contributed by atoms with Gasteiger partial charge in [0.05, 0.1) is 5.56 Å². The van der Waals surface area contributed by atoms with Crippen LogP contribution in [-0.4, -0.2) is 11.1 Å². The molecule has 0 bridgehead atoms. The van der Waals surface area contributed by atoms with Gasteiger partial charge in [0.1, 0.15) is 0 Å². The summed E-state index contributed by atoms with van der Waals surface area (Å²) in [5.41, 5.74) is 5.29. The molecule has 0 aliphatic carbocycles. The van der Waals surface area contributed by atoms with Crippen molar-refractivity contribution in [3.8, 4) is 0 Å². The van der Waals surface area contributed by atoms with Crippen LogP contribution < -0.4 is 5.73 Å². The first-order valence-electron chi connectivity index (χ1n) is 8.39. The third kappa shape index (κ3) is 11.9. The Morgan fingerprint density at radius 1 is 1.00 bits per heavy atom. The molecule has 0 saturated carbocycles. The van der Waals surface area contributed by atoms with E-state index in [1.54, 1.807) is 0 Å². The van der Waals surface area contributed by atoms with Gasteiger partial charge in [-0.25, -0.2) is 0 Å². The summed E-state index contributed by atoms with van der Waals surface area (Å²) in [6.45, 7) is 2.46. The number of hydrogen-bond acceptors (Lipinski definition) is 2. The number of benzene rings is 1. The SMILES string of the molecule is CCCCCCCCCC(=O)O.NCc1ccc(C(F)(F)F)cc1. The molecule has 138 valence electrons. The number of unbranched alkanes of at least 4 members (excludes halogenated alkanes) is 6. The molecule has 0 radical (unpaired) electrons. The van der Waals surface area contributed by atoms with Gasteiger partial charge < -0.3 is 10.8 Å². The summed E-state index contributed by atoms with van der Waals surface area (Å²) in [5, 5.41) is 8.35. The lowest BCUT2D eigenvalue weighted by molar-refractivity contribution is -0.138. The summed E-state index contributed by atoms with van der Waals surface area (Å²) in [5.74, 6) is -0.663. The Balaban J connectivity index is 0.000000441. The number of halogens is 3. The van der Waals surface area contributed by atoms with Gasteiger partial charge in [0.2, 0.25) is 0 Å². The highest BCUT2D eigenvalue weighted by Crippen LogP contribution is 2.28. The molecule has 6 heteroatoms. The van der Waals surface area contributed by atoms with Crippen molar-refractivity contribution in [2.45, 2.75) is 71.0 Å². The molecule has 0 heterocycles. The molecule has 0 amide bonds. The number of alkyl halides is 3. The van der Waals surface area contributed by atoms with E-state index in [0.717, 1.165) is 25.0 Å². The third-order valence-electron chi connectivity index (χ3n) is 3.51. The highest BCUT2D eigenvalue weighted by Gasteiger charge is 2.29. The van der Waals surface area contributed by atoms with Gasteiger partial charge in [-0.05, 0) is 24.1 Å². The van der Waals surface area contributed by atoms with Crippen LogP contribution >= 0.6 is 0 Å². The van der Waals surface area contributed by atoms with Gasteiger partial charge in [-0.2, -0.15) is 13.2 Å². The molecule has 1 rings (SSSR count). The monoisotopic (exact) mass is 347 g/mol. The average molecular weight is 347 g/mol. The van der Waals surface area contributed by atoms with Crippen LogP contribution in [0.25, 0.3) is 0 Å². The maximum atomic E-state index is 12.0. The first-order valence-corrected chi connectivity index (χ1v) is 8.39. The van der Waals surface area contributed by atoms with E-state index in [-0.39, 0.29) is 6.54 Å². The van der Waals surface area contributed by atoms with E-state index in [9.17, 15) is 18.0 Å². The molecular weight excluding hydrogens is 319 g/mol. The van der Waals surface area contributed by atoms with E-state index in [1.807, 2.05) is 0 Å². The number of carbonyl (C=O) groups is 1. The Labute approximate surface area is 142 Å². The van der Waals surface area contributed by atoms with Crippen LogP contribution in [0.5, 0.6) is 0 Å². The maximum Gasteiger partial charge on any atom is 0.416 e. The fraction of sp³-hybridized carbons (Fsp3) is 0.611. The molecule has 0 aliphatic heterocycles. The number of carboxylic acid groups (broad SMARTS) is 1. The number of carboxylic acids is 1. The van der Waals surface area contributed by atoms with Crippen molar-refractivity contribution in [2.24, 2.45) is 5.73 Å². The largest absolute Gasteiger partial charge is 0.481 e. The predicted octanol–water partition coefficient (Wildman–Crippen LogP) is 5.38. The summed E-state index contributed by atoms with van der Waals surface area (Å²) >= 11 is 0. The van der Waals surface area contributed by atoms with Crippen molar-refractivity contribution in [3.63, 3.8) is 0 Å². The van der Waals surface area contributed by atoms with Gasteiger partial charge in [-0.15, -0.1) is 0 Å². The Hall–Kier alpha value is -1.56. The van der Waals surface area contributed by atoms with E-state index in [4.69, 9.17) is 10.8 Å². The molecule has 3 nitrogen and oxygen atoms in total. The summed E-state index contributed by atoms with van der Waals surface area (Å²) in [6, 6.07) is 4.82. The second-order valence-corrected chi connectivity index (χ2v) is 5.66. The zero-order chi connectivity index (χ0) is 18.4. The second-order valence-electron chi connectivity index (χ2n) is 5.66. The van der Waals surface area contributed by atoms with Crippen LogP contribution in [0.2, 0.25) is 0 Å². The Kier molecular flexibility index (Phi) is 12.0. The van der Waals surface area contributed by atoms with Crippen molar-refractivity contribution >= 4 is 5.97 Å². The van der Waals surface area contributed by atoms with E-state index >= 15 is 0 Å². The normalized spacial score (nSPS) is 10.9. The minimum absolute atomic E-state index is 0.262. The van der Waals surface area contributed by atoms with E-state index < -0.39 is 17.7 Å². The number of aliphatic carboxylic acids is 1. The molecule has 0 aliphatic rings. The van der Waals surface area contributed by atoms with Crippen molar-refractivity contribution in [1.82, 2.24) is 0 Å². The van der Waals surface area contributed by atoms with Crippen molar-refractivity contribution in [1.29, 1.82) is 0 Å². The minimum atomic E-state index is -4.26. The van der Waals surface area contributed by atoms with Crippen LogP contribution in [0.3, 0.4) is 0 Å². The van der Waals surface area contributed by atoms with Crippen molar-refractivity contribution < 1.29 is 23.1 Å². The number of nitrogens with two attached hydrogens (primary N) is 1.